The number of carbonyl (C=O) groups excluding carboxylic acids is 2. The molecular weight excluding hydrogens is 411 g/mol. The van der Waals surface area contributed by atoms with E-state index in [0.717, 1.165) is 15.9 Å². The number of alkyl carbamates (subject to hydrolysis) is 1. The Labute approximate surface area is 150 Å². The topological polar surface area (TPSA) is 87.3 Å². The van der Waals surface area contributed by atoms with E-state index >= 15 is 0 Å². The van der Waals surface area contributed by atoms with Crippen molar-refractivity contribution in [1.29, 1.82) is 0 Å². The minimum Gasteiger partial charge on any atom is -0.453 e. The van der Waals surface area contributed by atoms with E-state index in [9.17, 15) is 9.59 Å². The lowest BCUT2D eigenvalue weighted by atomic mass is 10.0. The average Bonchev–Trinajstić information content (AvgIpc) is 2.93. The van der Waals surface area contributed by atoms with E-state index in [0.29, 0.717) is 6.54 Å². The summed E-state index contributed by atoms with van der Waals surface area (Å²) < 4.78 is 5.55. The standard InChI is InChI=1S/C15H25IN4O3/c1-6-10(4)20(8-12-17-7-11(16)18-12)14(21)13(9(2)3)19-15(22)23-5/h7,9-10,13H,6,8H2,1-5H3,(H,17,18)(H,19,22)/t10-,13-/m0/s1. The van der Waals surface area contributed by atoms with Crippen molar-refractivity contribution in [1.82, 2.24) is 20.2 Å². The van der Waals surface area contributed by atoms with Crippen molar-refractivity contribution >= 4 is 34.6 Å². The van der Waals surface area contributed by atoms with Crippen LogP contribution in [0.15, 0.2) is 6.20 Å². The Morgan fingerprint density at radius 1 is 1.43 bits per heavy atom. The summed E-state index contributed by atoms with van der Waals surface area (Å²) in [4.78, 5) is 33.6. The normalized spacial score (nSPS) is 13.5. The van der Waals surface area contributed by atoms with Crippen molar-refractivity contribution in [3.8, 4) is 0 Å². The van der Waals surface area contributed by atoms with Gasteiger partial charge in [0, 0.05) is 6.04 Å². The maximum atomic E-state index is 13.0. The molecule has 0 saturated heterocycles. The van der Waals surface area contributed by atoms with Gasteiger partial charge in [0.15, 0.2) is 0 Å². The van der Waals surface area contributed by atoms with Crippen LogP contribution in [0.2, 0.25) is 0 Å². The van der Waals surface area contributed by atoms with Gasteiger partial charge in [0.25, 0.3) is 0 Å². The summed E-state index contributed by atoms with van der Waals surface area (Å²) in [6.07, 6.45) is 1.93. The summed E-state index contributed by atoms with van der Waals surface area (Å²) in [5.74, 6) is 0.541. The van der Waals surface area contributed by atoms with Gasteiger partial charge >= 0.3 is 6.09 Å². The smallest absolute Gasteiger partial charge is 0.407 e. The maximum absolute atomic E-state index is 13.0. The summed E-state index contributed by atoms with van der Waals surface area (Å²) >= 11 is 2.14. The second kappa shape index (κ2) is 9.09. The van der Waals surface area contributed by atoms with Crippen LogP contribution in [-0.4, -0.2) is 46.1 Å². The number of rotatable bonds is 7. The monoisotopic (exact) mass is 436 g/mol. The summed E-state index contributed by atoms with van der Waals surface area (Å²) in [6.45, 7) is 8.17. The fourth-order valence-electron chi connectivity index (χ4n) is 2.13. The molecule has 1 aromatic rings. The molecule has 8 heteroatoms. The highest BCUT2D eigenvalue weighted by atomic mass is 127. The molecule has 0 spiro atoms. The van der Waals surface area contributed by atoms with Crippen molar-refractivity contribution in [2.75, 3.05) is 7.11 Å². The number of imidazole rings is 1. The second-order valence-electron chi connectivity index (χ2n) is 5.76. The molecule has 2 N–H and O–H groups in total. The van der Waals surface area contributed by atoms with Gasteiger partial charge in [-0.15, -0.1) is 0 Å². The fourth-order valence-corrected chi connectivity index (χ4v) is 2.58. The fraction of sp³-hybridized carbons (Fsp3) is 0.667. The summed E-state index contributed by atoms with van der Waals surface area (Å²) in [7, 11) is 1.29. The molecule has 1 aromatic heterocycles. The van der Waals surface area contributed by atoms with E-state index in [1.165, 1.54) is 7.11 Å². The molecule has 130 valence electrons. The van der Waals surface area contributed by atoms with Crippen LogP contribution in [0.5, 0.6) is 0 Å². The minimum absolute atomic E-state index is 0.0333. The Kier molecular flexibility index (Phi) is 7.80. The summed E-state index contributed by atoms with van der Waals surface area (Å²) in [5, 5.41) is 2.63. The predicted octanol–water partition coefficient (Wildman–Crippen LogP) is 2.52. The van der Waals surface area contributed by atoms with Crippen molar-refractivity contribution < 1.29 is 14.3 Å². The number of methoxy groups -OCH3 is 1. The number of hydrogen-bond acceptors (Lipinski definition) is 4. The van der Waals surface area contributed by atoms with Crippen LogP contribution in [-0.2, 0) is 16.1 Å². The van der Waals surface area contributed by atoms with Crippen LogP contribution >= 0.6 is 22.6 Å². The first-order chi connectivity index (χ1) is 10.8. The molecule has 0 saturated carbocycles. The molecule has 0 radical (unpaired) electrons. The largest absolute Gasteiger partial charge is 0.453 e. The number of H-pyrrole nitrogens is 1. The number of carbonyl (C=O) groups is 2. The molecule has 0 unspecified atom stereocenters. The first-order valence-corrected chi connectivity index (χ1v) is 8.72. The van der Waals surface area contributed by atoms with Crippen LogP contribution in [0.1, 0.15) is 39.9 Å². The average molecular weight is 436 g/mol. The number of hydrogen-bond donors (Lipinski definition) is 2. The molecule has 0 aliphatic rings. The van der Waals surface area contributed by atoms with Gasteiger partial charge in [0.1, 0.15) is 11.9 Å². The predicted molar refractivity (Wildman–Crippen MR) is 95.8 cm³/mol. The quantitative estimate of drug-likeness (QED) is 0.644. The van der Waals surface area contributed by atoms with Gasteiger partial charge in [-0.3, -0.25) is 4.79 Å². The highest BCUT2D eigenvalue weighted by Gasteiger charge is 2.31. The lowest BCUT2D eigenvalue weighted by Gasteiger charge is -2.33. The molecule has 0 aromatic carbocycles. The molecule has 0 aliphatic carbocycles. The molecular formula is C15H25IN4O3. The van der Waals surface area contributed by atoms with Gasteiger partial charge in [0.05, 0.1) is 23.6 Å². The second-order valence-corrected chi connectivity index (χ2v) is 6.92. The zero-order chi connectivity index (χ0) is 17.6. The highest BCUT2D eigenvalue weighted by molar-refractivity contribution is 14.1. The molecule has 0 fully saturated rings. The van der Waals surface area contributed by atoms with Gasteiger partial charge in [-0.2, -0.15) is 0 Å². The Bertz CT molecular complexity index is 533. The van der Waals surface area contributed by atoms with Gasteiger partial charge in [-0.1, -0.05) is 20.8 Å². The third-order valence-corrected chi connectivity index (χ3v) is 4.26. The van der Waals surface area contributed by atoms with E-state index in [1.54, 1.807) is 11.1 Å². The molecule has 1 heterocycles. The first-order valence-electron chi connectivity index (χ1n) is 7.64. The number of nitrogens with zero attached hydrogens (tertiary/aromatic N) is 2. The number of halogens is 1. The van der Waals surface area contributed by atoms with Crippen LogP contribution in [0.4, 0.5) is 4.79 Å². The summed E-state index contributed by atoms with van der Waals surface area (Å²) in [6, 6.07) is -0.601. The number of aromatic amines is 1. The SMILES string of the molecule is CC[C@H](C)N(Cc1ncc(I)[nH]1)C(=O)[C@@H](NC(=O)OC)C(C)C. The third kappa shape index (κ3) is 5.67. The Hall–Kier alpha value is -1.32. The highest BCUT2D eigenvalue weighted by Crippen LogP contribution is 2.15. The van der Waals surface area contributed by atoms with Gasteiger partial charge in [-0.25, -0.2) is 9.78 Å². The van der Waals surface area contributed by atoms with Crippen molar-refractivity contribution in [3.63, 3.8) is 0 Å². The third-order valence-electron chi connectivity index (χ3n) is 3.71. The van der Waals surface area contributed by atoms with E-state index in [-0.39, 0.29) is 17.9 Å². The Balaban J connectivity index is 2.98. The van der Waals surface area contributed by atoms with E-state index in [2.05, 4.69) is 42.6 Å². The van der Waals surface area contributed by atoms with Gasteiger partial charge in [0.2, 0.25) is 5.91 Å². The first kappa shape index (κ1) is 19.7. The molecule has 1 rings (SSSR count). The molecule has 23 heavy (non-hydrogen) atoms. The van der Waals surface area contributed by atoms with Crippen molar-refractivity contribution in [2.45, 2.75) is 52.7 Å². The van der Waals surface area contributed by atoms with E-state index in [4.69, 9.17) is 0 Å². The van der Waals surface area contributed by atoms with Crippen LogP contribution in [0.25, 0.3) is 0 Å². The molecule has 2 amide bonds. The lowest BCUT2D eigenvalue weighted by molar-refractivity contribution is -0.137. The Morgan fingerprint density at radius 3 is 2.52 bits per heavy atom. The molecule has 7 nitrogen and oxygen atoms in total. The van der Waals surface area contributed by atoms with Crippen LogP contribution < -0.4 is 5.32 Å². The minimum atomic E-state index is -0.634. The van der Waals surface area contributed by atoms with Crippen molar-refractivity contribution in [2.24, 2.45) is 5.92 Å². The van der Waals surface area contributed by atoms with Crippen LogP contribution in [0.3, 0.4) is 0 Å². The number of amides is 2. The maximum Gasteiger partial charge on any atom is 0.407 e. The molecule has 0 aliphatic heterocycles. The number of ether oxygens (including phenoxy) is 1. The zero-order valence-corrected chi connectivity index (χ0v) is 16.4. The van der Waals surface area contributed by atoms with Crippen molar-refractivity contribution in [3.05, 3.63) is 15.7 Å². The van der Waals surface area contributed by atoms with Gasteiger partial charge in [-0.05, 0) is 41.9 Å². The van der Waals surface area contributed by atoms with Crippen LogP contribution in [0, 0.1) is 9.62 Å². The number of nitrogens with one attached hydrogen (secondary N) is 2. The number of aromatic nitrogens is 2. The zero-order valence-electron chi connectivity index (χ0n) is 14.2. The summed E-state index contributed by atoms with van der Waals surface area (Å²) in [5.41, 5.74) is 0. The Morgan fingerprint density at radius 2 is 2.09 bits per heavy atom. The van der Waals surface area contributed by atoms with Gasteiger partial charge < -0.3 is 19.9 Å². The lowest BCUT2D eigenvalue weighted by Crippen LogP contribution is -2.53. The van der Waals surface area contributed by atoms with E-state index < -0.39 is 12.1 Å². The molecule has 2 atom stereocenters. The molecule has 0 bridgehead atoms. The van der Waals surface area contributed by atoms with E-state index in [1.807, 2.05) is 27.7 Å².